The molecule has 0 bridgehead atoms. The molecule has 33 heavy (non-hydrogen) atoms. The first kappa shape index (κ1) is 22.1. The number of nitrogens with zero attached hydrogens (tertiary/aromatic N) is 3. The van der Waals surface area contributed by atoms with Crippen LogP contribution in [-0.2, 0) is 12.7 Å². The highest BCUT2D eigenvalue weighted by Gasteiger charge is 2.38. The minimum Gasteiger partial charge on any atom is -0.353 e. The van der Waals surface area contributed by atoms with Gasteiger partial charge in [-0.3, -0.25) is 4.57 Å². The molecule has 5 nitrogen and oxygen atoms in total. The number of halogens is 5. The van der Waals surface area contributed by atoms with E-state index in [4.69, 9.17) is 0 Å². The molecule has 2 aliphatic heterocycles. The number of piperazine rings is 1. The topological polar surface area (TPSA) is 50.2 Å². The van der Waals surface area contributed by atoms with E-state index in [1.54, 1.807) is 4.90 Å². The van der Waals surface area contributed by atoms with E-state index in [1.807, 2.05) is 0 Å². The summed E-state index contributed by atoms with van der Waals surface area (Å²) in [5.74, 6) is -1.33. The summed E-state index contributed by atoms with van der Waals surface area (Å²) in [6, 6.07) is 3.48. The third kappa shape index (κ3) is 3.86. The SMILES string of the molecule is O=c1nc(N2CCNCC2)c2cc(C(F)(F)F)c(-c3ccc(F)cc3F)c3c2n1CCCS3. The number of anilines is 1. The Balaban J connectivity index is 1.93. The Morgan fingerprint density at radius 1 is 1.06 bits per heavy atom. The monoisotopic (exact) mass is 482 g/mol. The molecule has 1 saturated heterocycles. The lowest BCUT2D eigenvalue weighted by Gasteiger charge is -2.30. The highest BCUT2D eigenvalue weighted by atomic mass is 32.2. The molecule has 3 heterocycles. The first-order chi connectivity index (χ1) is 15.8. The fourth-order valence-corrected chi connectivity index (χ4v) is 5.64. The Hall–Kier alpha value is -2.66. The van der Waals surface area contributed by atoms with Gasteiger partial charge in [-0.1, -0.05) is 0 Å². The van der Waals surface area contributed by atoms with Crippen molar-refractivity contribution in [3.05, 3.63) is 51.9 Å². The van der Waals surface area contributed by atoms with E-state index >= 15 is 0 Å². The second-order valence-corrected chi connectivity index (χ2v) is 9.06. The van der Waals surface area contributed by atoms with Gasteiger partial charge >= 0.3 is 11.9 Å². The molecule has 0 atom stereocenters. The van der Waals surface area contributed by atoms with Crippen molar-refractivity contribution >= 4 is 28.5 Å². The quantitative estimate of drug-likeness (QED) is 0.553. The van der Waals surface area contributed by atoms with E-state index < -0.39 is 29.1 Å². The second-order valence-electron chi connectivity index (χ2n) is 7.96. The Kier molecular flexibility index (Phi) is 5.56. The van der Waals surface area contributed by atoms with E-state index in [1.165, 1.54) is 4.57 Å². The minimum atomic E-state index is -4.81. The summed E-state index contributed by atoms with van der Waals surface area (Å²) in [6.07, 6.45) is -4.27. The van der Waals surface area contributed by atoms with Gasteiger partial charge in [-0.2, -0.15) is 18.2 Å². The van der Waals surface area contributed by atoms with Gasteiger partial charge in [0.1, 0.15) is 17.5 Å². The highest BCUT2D eigenvalue weighted by molar-refractivity contribution is 7.99. The molecule has 2 aliphatic rings. The van der Waals surface area contributed by atoms with Crippen molar-refractivity contribution in [3.8, 4) is 11.1 Å². The van der Waals surface area contributed by atoms with Crippen molar-refractivity contribution in [1.29, 1.82) is 0 Å². The van der Waals surface area contributed by atoms with Crippen molar-refractivity contribution in [3.63, 3.8) is 0 Å². The van der Waals surface area contributed by atoms with Crippen LogP contribution >= 0.6 is 11.8 Å². The molecule has 0 unspecified atom stereocenters. The maximum absolute atomic E-state index is 14.8. The number of alkyl halides is 3. The Labute approximate surface area is 189 Å². The third-order valence-corrected chi connectivity index (χ3v) is 7.07. The standard InChI is InChI=1S/C22H19F5N4OS/c23-12-2-3-13(16(24)10-12)17-15(22(25,26)27)11-14-18-19(17)33-9-1-6-31(18)21(32)29-20(14)30-7-4-28-5-8-30/h2-3,10-11,28H,1,4-9H2. The van der Waals surface area contributed by atoms with Crippen LogP contribution in [0.15, 0.2) is 34.0 Å². The second kappa shape index (κ2) is 8.28. The van der Waals surface area contributed by atoms with Crippen molar-refractivity contribution in [2.75, 3.05) is 36.8 Å². The molecule has 1 N–H and O–H groups in total. The number of aromatic nitrogens is 2. The smallest absolute Gasteiger partial charge is 0.353 e. The van der Waals surface area contributed by atoms with Gasteiger partial charge in [-0.05, 0) is 30.4 Å². The van der Waals surface area contributed by atoms with Gasteiger partial charge in [0.15, 0.2) is 0 Å². The Morgan fingerprint density at radius 3 is 2.52 bits per heavy atom. The lowest BCUT2D eigenvalue weighted by atomic mass is 9.95. The van der Waals surface area contributed by atoms with Crippen LogP contribution in [0.5, 0.6) is 0 Å². The first-order valence-electron chi connectivity index (χ1n) is 10.5. The normalized spacial score (nSPS) is 16.8. The predicted octanol–water partition coefficient (Wildman–Crippen LogP) is 4.27. The third-order valence-electron chi connectivity index (χ3n) is 5.89. The van der Waals surface area contributed by atoms with Crippen LogP contribution in [0.1, 0.15) is 12.0 Å². The largest absolute Gasteiger partial charge is 0.417 e. The van der Waals surface area contributed by atoms with Crippen LogP contribution in [0.3, 0.4) is 0 Å². The molecule has 0 spiro atoms. The molecule has 174 valence electrons. The minimum absolute atomic E-state index is 0.165. The maximum Gasteiger partial charge on any atom is 0.417 e. The van der Waals surface area contributed by atoms with Gasteiger partial charge in [-0.15, -0.1) is 11.8 Å². The van der Waals surface area contributed by atoms with Crippen LogP contribution in [-0.4, -0.2) is 41.5 Å². The molecular weight excluding hydrogens is 463 g/mol. The van der Waals surface area contributed by atoms with Crippen LogP contribution in [0.4, 0.5) is 27.8 Å². The Morgan fingerprint density at radius 2 is 1.82 bits per heavy atom. The summed E-state index contributed by atoms with van der Waals surface area (Å²) in [5, 5.41) is 3.38. The van der Waals surface area contributed by atoms with Crippen LogP contribution < -0.4 is 15.9 Å². The summed E-state index contributed by atoms with van der Waals surface area (Å²) < 4.78 is 72.7. The predicted molar refractivity (Wildman–Crippen MR) is 117 cm³/mol. The molecule has 3 aromatic rings. The van der Waals surface area contributed by atoms with E-state index in [-0.39, 0.29) is 27.2 Å². The molecule has 5 rings (SSSR count). The molecule has 0 aliphatic carbocycles. The van der Waals surface area contributed by atoms with Crippen LogP contribution in [0, 0.1) is 11.6 Å². The van der Waals surface area contributed by atoms with E-state index in [9.17, 15) is 26.7 Å². The van der Waals surface area contributed by atoms with Crippen molar-refractivity contribution in [2.45, 2.75) is 24.0 Å². The van der Waals surface area contributed by atoms with E-state index in [0.717, 1.165) is 30.0 Å². The highest BCUT2D eigenvalue weighted by Crippen LogP contribution is 2.48. The molecule has 1 fully saturated rings. The lowest BCUT2D eigenvalue weighted by molar-refractivity contribution is -0.137. The summed E-state index contributed by atoms with van der Waals surface area (Å²) in [7, 11) is 0. The van der Waals surface area contributed by atoms with Crippen LogP contribution in [0.2, 0.25) is 0 Å². The summed E-state index contributed by atoms with van der Waals surface area (Å²) in [5.41, 5.74) is -1.99. The summed E-state index contributed by atoms with van der Waals surface area (Å²) >= 11 is 1.15. The number of hydrogen-bond donors (Lipinski definition) is 1. The fourth-order valence-electron chi connectivity index (χ4n) is 4.44. The molecule has 0 amide bonds. The zero-order chi connectivity index (χ0) is 23.3. The average Bonchev–Trinajstić information content (AvgIpc) is 3.00. The van der Waals surface area contributed by atoms with E-state index in [2.05, 4.69) is 10.3 Å². The first-order valence-corrected chi connectivity index (χ1v) is 11.5. The van der Waals surface area contributed by atoms with Gasteiger partial charge in [0.2, 0.25) is 0 Å². The number of thioether (sulfide) groups is 1. The molecule has 0 radical (unpaired) electrons. The molecule has 2 aromatic carbocycles. The Bertz CT molecular complexity index is 1300. The van der Waals surface area contributed by atoms with Crippen molar-refractivity contribution in [1.82, 2.24) is 14.9 Å². The molecular formula is C22H19F5N4OS. The average molecular weight is 482 g/mol. The molecule has 11 heteroatoms. The molecule has 0 saturated carbocycles. The lowest BCUT2D eigenvalue weighted by Crippen LogP contribution is -2.44. The van der Waals surface area contributed by atoms with Gasteiger partial charge in [-0.25, -0.2) is 13.6 Å². The molecule has 1 aromatic heterocycles. The summed E-state index contributed by atoms with van der Waals surface area (Å²) in [6.45, 7) is 2.49. The zero-order valence-corrected chi connectivity index (χ0v) is 18.1. The maximum atomic E-state index is 14.8. The van der Waals surface area contributed by atoms with E-state index in [0.29, 0.717) is 56.5 Å². The van der Waals surface area contributed by atoms with Crippen molar-refractivity contribution < 1.29 is 22.0 Å². The van der Waals surface area contributed by atoms with Gasteiger partial charge < -0.3 is 10.2 Å². The fraction of sp³-hybridized carbons (Fsp3) is 0.364. The number of aryl methyl sites for hydroxylation is 1. The number of benzene rings is 2. The van der Waals surface area contributed by atoms with Crippen molar-refractivity contribution in [2.24, 2.45) is 0 Å². The van der Waals surface area contributed by atoms with Crippen LogP contribution in [0.25, 0.3) is 22.0 Å². The van der Waals surface area contributed by atoms with Gasteiger partial charge in [0.25, 0.3) is 0 Å². The number of rotatable bonds is 2. The number of hydrogen-bond acceptors (Lipinski definition) is 5. The van der Waals surface area contributed by atoms with Gasteiger partial charge in [0.05, 0.1) is 11.1 Å². The zero-order valence-electron chi connectivity index (χ0n) is 17.3. The van der Waals surface area contributed by atoms with Gasteiger partial charge in [0, 0.05) is 60.2 Å². The number of nitrogens with one attached hydrogen (secondary N) is 1. The summed E-state index contributed by atoms with van der Waals surface area (Å²) in [4.78, 5) is 19.1.